The molecule has 3 rings (SSSR count). The van der Waals surface area contributed by atoms with E-state index in [1.54, 1.807) is 25.3 Å². The van der Waals surface area contributed by atoms with Crippen LogP contribution in [0.5, 0.6) is 0 Å². The zero-order valence-corrected chi connectivity index (χ0v) is 15.8. The van der Waals surface area contributed by atoms with Gasteiger partial charge in [-0.25, -0.2) is 4.68 Å². The summed E-state index contributed by atoms with van der Waals surface area (Å²) in [7, 11) is 0. The Hall–Kier alpha value is -2.04. The largest absolute Gasteiger partial charge is 0.416 e. The minimum Gasteiger partial charge on any atom is -0.240 e. The Labute approximate surface area is 164 Å². The van der Waals surface area contributed by atoms with Crippen molar-refractivity contribution < 1.29 is 26.3 Å². The fraction of sp³-hybridized carbons (Fsp3) is 0.167. The van der Waals surface area contributed by atoms with Gasteiger partial charge in [-0.1, -0.05) is 6.07 Å². The summed E-state index contributed by atoms with van der Waals surface area (Å²) in [5.74, 6) is 0. The predicted molar refractivity (Wildman–Crippen MR) is 96.5 cm³/mol. The van der Waals surface area contributed by atoms with Crippen LogP contribution in [0.25, 0.3) is 16.8 Å². The predicted octanol–water partition coefficient (Wildman–Crippen LogP) is 6.49. The molecule has 0 N–H and O–H groups in total. The Kier molecular flexibility index (Phi) is 5.00. The summed E-state index contributed by atoms with van der Waals surface area (Å²) in [5.41, 5.74) is -1.33. The molecule has 0 radical (unpaired) electrons. The van der Waals surface area contributed by atoms with Crippen LogP contribution in [0.4, 0.5) is 26.3 Å². The van der Waals surface area contributed by atoms with E-state index in [2.05, 4.69) is 5.10 Å². The molecule has 0 amide bonds. The molecule has 2 aromatic carbocycles. The van der Waals surface area contributed by atoms with Crippen molar-refractivity contribution in [3.8, 4) is 16.8 Å². The number of alkyl halides is 6. The van der Waals surface area contributed by atoms with Crippen LogP contribution in [0.2, 0.25) is 0 Å². The number of halogens is 7. The van der Waals surface area contributed by atoms with Gasteiger partial charge >= 0.3 is 12.4 Å². The lowest BCUT2D eigenvalue weighted by Crippen LogP contribution is -2.11. The first kappa shape index (κ1) is 19.7. The van der Waals surface area contributed by atoms with Crippen LogP contribution in [-0.2, 0) is 12.4 Å². The van der Waals surface area contributed by atoms with Crippen molar-refractivity contribution in [3.05, 3.63) is 69.1 Å². The normalized spacial score (nSPS) is 12.4. The Morgan fingerprint density at radius 2 is 1.41 bits per heavy atom. The van der Waals surface area contributed by atoms with Crippen LogP contribution in [0, 0.1) is 10.5 Å². The molecule has 2 nitrogen and oxygen atoms in total. The van der Waals surface area contributed by atoms with Gasteiger partial charge in [0.1, 0.15) is 0 Å². The van der Waals surface area contributed by atoms with Crippen molar-refractivity contribution in [2.45, 2.75) is 19.3 Å². The molecule has 0 aliphatic carbocycles. The first-order valence-electron chi connectivity index (χ1n) is 7.57. The van der Waals surface area contributed by atoms with Gasteiger partial charge in [0.15, 0.2) is 0 Å². The van der Waals surface area contributed by atoms with Crippen molar-refractivity contribution in [2.75, 3.05) is 0 Å². The van der Waals surface area contributed by atoms with Gasteiger partial charge in [0.25, 0.3) is 0 Å². The first-order valence-corrected chi connectivity index (χ1v) is 8.65. The molecule has 0 saturated heterocycles. The molecule has 0 aliphatic rings. The van der Waals surface area contributed by atoms with E-state index in [1.807, 2.05) is 22.6 Å². The molecule has 0 saturated carbocycles. The number of rotatable bonds is 2. The number of aryl methyl sites for hydroxylation is 1. The quantitative estimate of drug-likeness (QED) is 0.293. The van der Waals surface area contributed by atoms with Crippen LogP contribution in [-0.4, -0.2) is 9.78 Å². The first-order chi connectivity index (χ1) is 12.4. The van der Waals surface area contributed by atoms with Gasteiger partial charge in [0.2, 0.25) is 0 Å². The third kappa shape index (κ3) is 4.28. The summed E-state index contributed by atoms with van der Waals surface area (Å²) in [4.78, 5) is 0. The van der Waals surface area contributed by atoms with Crippen LogP contribution < -0.4 is 0 Å². The van der Waals surface area contributed by atoms with E-state index in [9.17, 15) is 26.3 Å². The van der Waals surface area contributed by atoms with E-state index in [1.165, 1.54) is 16.8 Å². The number of aromatic nitrogens is 2. The maximum absolute atomic E-state index is 13.1. The molecular weight excluding hydrogens is 485 g/mol. The van der Waals surface area contributed by atoms with E-state index in [-0.39, 0.29) is 17.2 Å². The van der Waals surface area contributed by atoms with Gasteiger partial charge < -0.3 is 0 Å². The van der Waals surface area contributed by atoms with Crippen molar-refractivity contribution in [2.24, 2.45) is 0 Å². The number of hydrogen-bond acceptors (Lipinski definition) is 1. The van der Waals surface area contributed by atoms with Crippen LogP contribution in [0.3, 0.4) is 0 Å². The lowest BCUT2D eigenvalue weighted by Gasteiger charge is -2.15. The molecule has 142 valence electrons. The van der Waals surface area contributed by atoms with E-state index >= 15 is 0 Å². The summed E-state index contributed by atoms with van der Waals surface area (Å²) in [6.07, 6.45) is -8.10. The average Bonchev–Trinajstić information content (AvgIpc) is 2.99. The van der Waals surface area contributed by atoms with E-state index in [0.717, 1.165) is 21.4 Å². The third-order valence-corrected chi connectivity index (χ3v) is 4.75. The van der Waals surface area contributed by atoms with E-state index < -0.39 is 23.5 Å². The summed E-state index contributed by atoms with van der Waals surface area (Å²) in [6, 6.07) is 7.92. The zero-order valence-electron chi connectivity index (χ0n) is 13.7. The summed E-state index contributed by atoms with van der Waals surface area (Å²) >= 11 is 2.03. The number of nitrogens with zero attached hydrogens (tertiary/aromatic N) is 2. The van der Waals surface area contributed by atoms with Gasteiger partial charge in [0, 0.05) is 9.77 Å². The molecular formula is C18H11F6IN2. The molecule has 1 heterocycles. The summed E-state index contributed by atoms with van der Waals surface area (Å²) < 4.78 is 80.8. The van der Waals surface area contributed by atoms with Crippen molar-refractivity contribution in [3.63, 3.8) is 0 Å². The smallest absolute Gasteiger partial charge is 0.240 e. The summed E-state index contributed by atoms with van der Waals surface area (Å²) in [6.45, 7) is 1.77. The average molecular weight is 496 g/mol. The van der Waals surface area contributed by atoms with Crippen LogP contribution in [0.15, 0.2) is 48.7 Å². The second-order valence-corrected chi connectivity index (χ2v) is 7.02. The maximum Gasteiger partial charge on any atom is 0.416 e. The monoisotopic (exact) mass is 496 g/mol. The highest BCUT2D eigenvalue weighted by Crippen LogP contribution is 2.39. The minimum absolute atomic E-state index is 0.119. The van der Waals surface area contributed by atoms with Gasteiger partial charge in [-0.15, -0.1) is 0 Å². The highest BCUT2D eigenvalue weighted by molar-refractivity contribution is 14.1. The Bertz CT molecular complexity index is 956. The van der Waals surface area contributed by atoms with Crippen molar-refractivity contribution >= 4 is 22.6 Å². The Balaban J connectivity index is 2.19. The topological polar surface area (TPSA) is 17.8 Å². The second-order valence-electron chi connectivity index (χ2n) is 5.86. The lowest BCUT2D eigenvalue weighted by atomic mass is 9.99. The Morgan fingerprint density at radius 3 is 1.89 bits per heavy atom. The maximum atomic E-state index is 13.1. The molecule has 3 aromatic rings. The van der Waals surface area contributed by atoms with Crippen LogP contribution in [0.1, 0.15) is 16.8 Å². The van der Waals surface area contributed by atoms with Gasteiger partial charge in [-0.05, 0) is 77.0 Å². The van der Waals surface area contributed by atoms with Crippen molar-refractivity contribution in [1.29, 1.82) is 0 Å². The van der Waals surface area contributed by atoms with Gasteiger partial charge in [0.05, 0.1) is 22.5 Å². The molecule has 0 spiro atoms. The molecule has 0 atom stereocenters. The fourth-order valence-corrected chi connectivity index (χ4v) is 3.12. The molecule has 0 unspecified atom stereocenters. The second kappa shape index (κ2) is 6.84. The fourth-order valence-electron chi connectivity index (χ4n) is 2.54. The highest BCUT2D eigenvalue weighted by Gasteiger charge is 2.37. The SMILES string of the molecule is Cc1ccn(-c2cc(-c3cc(C(F)(F)F)cc(C(F)(F)F)c3)ccc2I)n1. The van der Waals surface area contributed by atoms with Crippen molar-refractivity contribution in [1.82, 2.24) is 9.78 Å². The van der Waals surface area contributed by atoms with E-state index in [0.29, 0.717) is 5.69 Å². The molecule has 0 fully saturated rings. The van der Waals surface area contributed by atoms with E-state index in [4.69, 9.17) is 0 Å². The molecule has 27 heavy (non-hydrogen) atoms. The van der Waals surface area contributed by atoms with Crippen LogP contribution >= 0.6 is 22.6 Å². The van der Waals surface area contributed by atoms with Gasteiger partial charge in [-0.3, -0.25) is 0 Å². The molecule has 9 heteroatoms. The number of hydrogen-bond donors (Lipinski definition) is 0. The lowest BCUT2D eigenvalue weighted by molar-refractivity contribution is -0.143. The molecule has 0 bridgehead atoms. The Morgan fingerprint density at radius 1 is 0.815 bits per heavy atom. The molecule has 0 aliphatic heterocycles. The summed E-state index contributed by atoms with van der Waals surface area (Å²) in [5, 5.41) is 4.24. The number of benzene rings is 2. The third-order valence-electron chi connectivity index (χ3n) is 3.84. The molecule has 1 aromatic heterocycles. The highest BCUT2D eigenvalue weighted by atomic mass is 127. The zero-order chi connectivity index (χ0) is 20.0. The van der Waals surface area contributed by atoms with Gasteiger partial charge in [-0.2, -0.15) is 31.4 Å². The standard InChI is InChI=1S/C18H11F6IN2/c1-10-4-5-27(26-10)16-8-11(2-3-15(16)25)12-6-13(17(19,20)21)9-14(7-12)18(22,23)24/h2-9H,1H3. The minimum atomic E-state index is -4.89.